The van der Waals surface area contributed by atoms with Crippen molar-refractivity contribution in [1.82, 2.24) is 0 Å². The lowest BCUT2D eigenvalue weighted by Crippen LogP contribution is -2.57. The molecule has 4 heteroatoms. The Morgan fingerprint density at radius 2 is 1.68 bits per heavy atom. The molecule has 0 unspecified atom stereocenters. The van der Waals surface area contributed by atoms with Crippen molar-refractivity contribution in [3.8, 4) is 0 Å². The third-order valence-corrected chi connectivity index (χ3v) is 9.07. The Morgan fingerprint density at radius 3 is 2.29 bits per heavy atom. The van der Waals surface area contributed by atoms with Gasteiger partial charge in [0.2, 0.25) is 0 Å². The van der Waals surface area contributed by atoms with E-state index in [9.17, 15) is 9.90 Å². The van der Waals surface area contributed by atoms with Gasteiger partial charge in [0.1, 0.15) is 5.60 Å². The van der Waals surface area contributed by atoms with Gasteiger partial charge in [0.05, 0.1) is 0 Å². The third kappa shape index (κ3) is 3.07. The minimum Gasteiger partial charge on any atom is -0.481 e. The first-order valence-electron chi connectivity index (χ1n) is 11.1. The smallest absolute Gasteiger partial charge is 0.300 e. The Kier molecular flexibility index (Phi) is 5.59. The molecule has 7 atom stereocenters. The molecule has 0 heterocycles. The SMILES string of the molecule is CC(=O)O.CC(=O)[C@@]1(O)CC[C@H]2[C@@H]3C[C@H](C)C4=CCCC[C@]4(C)[C@H]3CC[C@@]21C. The van der Waals surface area contributed by atoms with Crippen LogP contribution in [0.3, 0.4) is 0 Å². The number of carboxylic acid groups (broad SMARTS) is 1. The second-order valence-corrected chi connectivity index (χ2v) is 10.4. The summed E-state index contributed by atoms with van der Waals surface area (Å²) in [5.41, 5.74) is 0.832. The number of aliphatic carboxylic acids is 1. The summed E-state index contributed by atoms with van der Waals surface area (Å²) in [5, 5.41) is 18.6. The molecule has 4 aliphatic carbocycles. The minimum absolute atomic E-state index is 0.000675. The van der Waals surface area contributed by atoms with Crippen LogP contribution >= 0.6 is 0 Å². The molecular weight excluding hydrogens is 352 g/mol. The maximum atomic E-state index is 12.3. The summed E-state index contributed by atoms with van der Waals surface area (Å²) < 4.78 is 0. The van der Waals surface area contributed by atoms with Crippen LogP contribution in [0.15, 0.2) is 11.6 Å². The van der Waals surface area contributed by atoms with Gasteiger partial charge in [-0.2, -0.15) is 0 Å². The van der Waals surface area contributed by atoms with Crippen LogP contribution in [-0.4, -0.2) is 27.6 Å². The largest absolute Gasteiger partial charge is 0.481 e. The highest BCUT2D eigenvalue weighted by atomic mass is 16.4. The zero-order valence-corrected chi connectivity index (χ0v) is 18.3. The Labute approximate surface area is 169 Å². The maximum Gasteiger partial charge on any atom is 0.300 e. The van der Waals surface area contributed by atoms with Crippen LogP contribution in [0.25, 0.3) is 0 Å². The Balaban J connectivity index is 0.000000516. The van der Waals surface area contributed by atoms with Gasteiger partial charge < -0.3 is 10.2 Å². The minimum atomic E-state index is -1.07. The van der Waals surface area contributed by atoms with E-state index in [1.54, 1.807) is 12.5 Å². The molecule has 4 rings (SSSR count). The van der Waals surface area contributed by atoms with Gasteiger partial charge in [-0.15, -0.1) is 0 Å². The number of Topliss-reactive ketones (excluding diaryl/α,β-unsaturated/α-hetero) is 1. The molecule has 158 valence electrons. The number of fused-ring (bicyclic) bond motifs is 5. The summed E-state index contributed by atoms with van der Waals surface area (Å²) in [7, 11) is 0. The van der Waals surface area contributed by atoms with Gasteiger partial charge in [0.25, 0.3) is 5.97 Å². The molecule has 28 heavy (non-hydrogen) atoms. The van der Waals surface area contributed by atoms with E-state index in [0.717, 1.165) is 25.7 Å². The molecule has 0 aromatic carbocycles. The number of carboxylic acids is 1. The molecule has 4 nitrogen and oxygen atoms in total. The molecule has 4 aliphatic rings. The fourth-order valence-electron chi connectivity index (χ4n) is 7.80. The molecular formula is C24H38O4. The summed E-state index contributed by atoms with van der Waals surface area (Å²) in [6, 6.07) is 0. The summed E-state index contributed by atoms with van der Waals surface area (Å²) in [6.07, 6.45) is 11.7. The number of aliphatic hydroxyl groups is 1. The van der Waals surface area contributed by atoms with Gasteiger partial charge in [-0.25, -0.2) is 0 Å². The molecule has 0 spiro atoms. The highest BCUT2D eigenvalue weighted by Crippen LogP contribution is 2.68. The van der Waals surface area contributed by atoms with E-state index >= 15 is 0 Å². The van der Waals surface area contributed by atoms with Crippen LogP contribution in [0.4, 0.5) is 0 Å². The van der Waals surface area contributed by atoms with Crippen molar-refractivity contribution in [1.29, 1.82) is 0 Å². The first kappa shape index (κ1) is 21.5. The van der Waals surface area contributed by atoms with Gasteiger partial charge in [0, 0.05) is 12.3 Å². The summed E-state index contributed by atoms with van der Waals surface area (Å²) in [5.74, 6) is 1.80. The van der Waals surface area contributed by atoms with Gasteiger partial charge in [-0.05, 0) is 87.4 Å². The summed E-state index contributed by atoms with van der Waals surface area (Å²) in [6.45, 7) is 9.86. The van der Waals surface area contributed by atoms with Gasteiger partial charge in [-0.1, -0.05) is 32.4 Å². The van der Waals surface area contributed by atoms with E-state index in [2.05, 4.69) is 26.8 Å². The molecule has 0 aromatic rings. The molecule has 0 aliphatic heterocycles. The average molecular weight is 391 g/mol. The molecule has 0 bridgehead atoms. The molecule has 0 amide bonds. The quantitative estimate of drug-likeness (QED) is 0.618. The van der Waals surface area contributed by atoms with Crippen molar-refractivity contribution in [3.63, 3.8) is 0 Å². The Hall–Kier alpha value is -1.16. The molecule has 2 N–H and O–H groups in total. The lowest BCUT2D eigenvalue weighted by atomic mass is 9.45. The van der Waals surface area contributed by atoms with Crippen molar-refractivity contribution in [3.05, 3.63) is 11.6 Å². The van der Waals surface area contributed by atoms with Gasteiger partial charge >= 0.3 is 0 Å². The second-order valence-electron chi connectivity index (χ2n) is 10.4. The Morgan fingerprint density at radius 1 is 1.07 bits per heavy atom. The number of ketones is 1. The Bertz CT molecular complexity index is 678. The van der Waals surface area contributed by atoms with Crippen molar-refractivity contribution in [2.75, 3.05) is 0 Å². The number of allylic oxidation sites excluding steroid dienone is 2. The maximum absolute atomic E-state index is 12.3. The topological polar surface area (TPSA) is 74.6 Å². The molecule has 0 radical (unpaired) electrons. The lowest BCUT2D eigenvalue weighted by Gasteiger charge is -2.60. The average Bonchev–Trinajstić information content (AvgIpc) is 2.87. The van der Waals surface area contributed by atoms with E-state index < -0.39 is 11.6 Å². The first-order chi connectivity index (χ1) is 13.0. The van der Waals surface area contributed by atoms with Crippen LogP contribution in [0.5, 0.6) is 0 Å². The van der Waals surface area contributed by atoms with Crippen LogP contribution in [0.2, 0.25) is 0 Å². The fraction of sp³-hybridized carbons (Fsp3) is 0.833. The predicted octanol–water partition coefficient (Wildman–Crippen LogP) is 5.00. The molecule has 0 aromatic heterocycles. The van der Waals surface area contributed by atoms with Crippen molar-refractivity contribution < 1.29 is 19.8 Å². The van der Waals surface area contributed by atoms with E-state index in [1.807, 2.05) is 0 Å². The van der Waals surface area contributed by atoms with E-state index in [0.29, 0.717) is 29.6 Å². The fourth-order valence-corrected chi connectivity index (χ4v) is 7.80. The van der Waals surface area contributed by atoms with Crippen LogP contribution in [-0.2, 0) is 9.59 Å². The normalized spacial score (nSPS) is 46.9. The van der Waals surface area contributed by atoms with Gasteiger partial charge in [-0.3, -0.25) is 9.59 Å². The standard InChI is InChI=1S/C22H34O2.C2H4O2/c1-14-13-16-18(20(3)10-6-5-7-17(14)20)8-11-21(4)19(16)9-12-22(21,24)15(2)23;1-2(3)4/h7,14,16,18-19,24H,5-6,8-13H2,1-4H3;1H3,(H,3,4)/t14-,16+,18-,19-,20-,21-,22-;/m0./s1. The van der Waals surface area contributed by atoms with E-state index in [1.165, 1.54) is 32.1 Å². The van der Waals surface area contributed by atoms with E-state index in [4.69, 9.17) is 9.90 Å². The highest BCUT2D eigenvalue weighted by Gasteiger charge is 2.65. The summed E-state index contributed by atoms with van der Waals surface area (Å²) in [4.78, 5) is 21.3. The number of rotatable bonds is 1. The van der Waals surface area contributed by atoms with Crippen molar-refractivity contribution >= 4 is 11.8 Å². The molecule has 3 fully saturated rings. The number of hydrogen-bond acceptors (Lipinski definition) is 3. The second kappa shape index (κ2) is 7.27. The third-order valence-electron chi connectivity index (χ3n) is 9.07. The zero-order chi connectivity index (χ0) is 20.9. The number of hydrogen-bond donors (Lipinski definition) is 2. The van der Waals surface area contributed by atoms with Crippen LogP contribution in [0, 0.1) is 34.5 Å². The molecule has 3 saturated carbocycles. The lowest BCUT2D eigenvalue weighted by molar-refractivity contribution is -0.160. The highest BCUT2D eigenvalue weighted by molar-refractivity contribution is 5.86. The first-order valence-corrected chi connectivity index (χ1v) is 11.1. The van der Waals surface area contributed by atoms with Crippen LogP contribution in [0.1, 0.15) is 86.0 Å². The van der Waals surface area contributed by atoms with E-state index in [-0.39, 0.29) is 11.2 Å². The predicted molar refractivity (Wildman–Crippen MR) is 110 cm³/mol. The monoisotopic (exact) mass is 390 g/mol. The van der Waals surface area contributed by atoms with Crippen molar-refractivity contribution in [2.45, 2.75) is 91.6 Å². The zero-order valence-electron chi connectivity index (χ0n) is 18.3. The molecule has 0 saturated heterocycles. The number of carbonyl (C=O) groups excluding carboxylic acids is 1. The van der Waals surface area contributed by atoms with Crippen LogP contribution < -0.4 is 0 Å². The van der Waals surface area contributed by atoms with Crippen molar-refractivity contribution in [2.24, 2.45) is 34.5 Å². The van der Waals surface area contributed by atoms with Gasteiger partial charge in [0.15, 0.2) is 5.78 Å². The number of carbonyl (C=O) groups is 2. The summed E-state index contributed by atoms with van der Waals surface area (Å²) >= 11 is 0.